The molecule has 34 heavy (non-hydrogen) atoms. The minimum atomic E-state index is -0.102. The number of hydrogen-bond acceptors (Lipinski definition) is 3. The maximum Gasteiger partial charge on any atom is 0.251 e. The molecule has 4 aromatic carbocycles. The third-order valence-electron chi connectivity index (χ3n) is 5.33. The van der Waals surface area contributed by atoms with Gasteiger partial charge in [0.05, 0.1) is 13.2 Å². The second-order valence-electron chi connectivity index (χ2n) is 7.88. The smallest absolute Gasteiger partial charge is 0.251 e. The van der Waals surface area contributed by atoms with Crippen molar-refractivity contribution < 1.29 is 14.3 Å². The number of benzene rings is 4. The first-order chi connectivity index (χ1) is 16.8. The predicted octanol–water partition coefficient (Wildman–Crippen LogP) is 6.32. The van der Waals surface area contributed by atoms with Crippen molar-refractivity contribution in [1.29, 1.82) is 0 Å². The average Bonchev–Trinajstić information content (AvgIpc) is 2.91. The summed E-state index contributed by atoms with van der Waals surface area (Å²) in [6.07, 6.45) is 1.78. The number of carbonyl (C=O) groups is 1. The van der Waals surface area contributed by atoms with Crippen molar-refractivity contribution in [3.63, 3.8) is 0 Å². The summed E-state index contributed by atoms with van der Waals surface area (Å²) in [5, 5.41) is 2.91. The highest BCUT2D eigenvalue weighted by molar-refractivity contribution is 5.94. The van der Waals surface area contributed by atoms with E-state index in [9.17, 15) is 4.79 Å². The van der Waals surface area contributed by atoms with Gasteiger partial charge in [0.25, 0.3) is 5.91 Å². The van der Waals surface area contributed by atoms with Gasteiger partial charge in [0.1, 0.15) is 11.5 Å². The molecule has 0 fully saturated rings. The Morgan fingerprint density at radius 3 is 2.06 bits per heavy atom. The monoisotopic (exact) mass is 450 g/mol. The maximum atomic E-state index is 12.2. The van der Waals surface area contributed by atoms with Crippen LogP contribution in [0, 0.1) is 6.07 Å². The zero-order valence-corrected chi connectivity index (χ0v) is 19.1. The minimum absolute atomic E-state index is 0.102. The van der Waals surface area contributed by atoms with Crippen LogP contribution < -0.4 is 14.8 Å². The van der Waals surface area contributed by atoms with Crippen molar-refractivity contribution in [2.24, 2.45) is 0 Å². The van der Waals surface area contributed by atoms with Crippen LogP contribution in [0.15, 0.2) is 103 Å². The van der Waals surface area contributed by atoms with Crippen molar-refractivity contribution in [1.82, 2.24) is 5.32 Å². The van der Waals surface area contributed by atoms with Crippen LogP contribution in [-0.2, 0) is 6.54 Å². The molecule has 0 aliphatic carbocycles. The van der Waals surface area contributed by atoms with Crippen molar-refractivity contribution >= 4 is 5.91 Å². The third kappa shape index (κ3) is 6.97. The third-order valence-corrected chi connectivity index (χ3v) is 5.33. The Morgan fingerprint density at radius 2 is 1.32 bits per heavy atom. The second kappa shape index (κ2) is 12.3. The highest BCUT2D eigenvalue weighted by Gasteiger charge is 2.05. The lowest BCUT2D eigenvalue weighted by molar-refractivity contribution is 0.0951. The van der Waals surface area contributed by atoms with Crippen LogP contribution in [0.4, 0.5) is 0 Å². The van der Waals surface area contributed by atoms with E-state index in [4.69, 9.17) is 9.47 Å². The van der Waals surface area contributed by atoms with Crippen molar-refractivity contribution in [3.8, 4) is 22.6 Å². The van der Waals surface area contributed by atoms with Crippen molar-refractivity contribution in [3.05, 3.63) is 120 Å². The Bertz CT molecular complexity index is 1160. The summed E-state index contributed by atoms with van der Waals surface area (Å²) >= 11 is 0. The van der Waals surface area contributed by atoms with Gasteiger partial charge in [-0.15, -0.1) is 0 Å². The van der Waals surface area contributed by atoms with E-state index in [0.717, 1.165) is 24.2 Å². The maximum absolute atomic E-state index is 12.2. The molecule has 1 radical (unpaired) electrons. The second-order valence-corrected chi connectivity index (χ2v) is 7.88. The molecule has 1 amide bonds. The van der Waals surface area contributed by atoms with Gasteiger partial charge < -0.3 is 14.8 Å². The van der Waals surface area contributed by atoms with Gasteiger partial charge in [0, 0.05) is 18.2 Å². The number of rotatable bonds is 11. The van der Waals surface area contributed by atoms with E-state index in [1.54, 1.807) is 12.1 Å². The van der Waals surface area contributed by atoms with E-state index in [2.05, 4.69) is 35.6 Å². The molecule has 4 heteroatoms. The average molecular weight is 451 g/mol. The lowest BCUT2D eigenvalue weighted by atomic mass is 10.1. The summed E-state index contributed by atoms with van der Waals surface area (Å²) in [6.45, 7) is 1.64. The zero-order valence-electron chi connectivity index (χ0n) is 19.1. The standard InChI is InChI=1S/C30H28NO3/c32-30(27-13-5-2-6-14-27)31-23-24-10-9-15-29(22-24)34-21-8-7-20-33-28-18-16-26(17-19-28)25-11-3-1-4-12-25/h1-6,9-19H,7-8,20-21,23H2,(H,31,32). The van der Waals surface area contributed by atoms with Gasteiger partial charge in [-0.25, -0.2) is 0 Å². The largest absolute Gasteiger partial charge is 0.494 e. The van der Waals surface area contributed by atoms with E-state index in [1.165, 1.54) is 11.1 Å². The SMILES string of the molecule is O=C(NCc1[c]c(OCCCCOc2ccc(-c3ccccc3)cc2)ccc1)c1ccccc1. The fourth-order valence-corrected chi connectivity index (χ4v) is 3.50. The molecular weight excluding hydrogens is 422 g/mol. The van der Waals surface area contributed by atoms with Crippen molar-refractivity contribution in [2.75, 3.05) is 13.2 Å². The number of amides is 1. The topological polar surface area (TPSA) is 47.6 Å². The van der Waals surface area contributed by atoms with Crippen LogP contribution in [0.1, 0.15) is 28.8 Å². The molecule has 0 atom stereocenters. The Morgan fingerprint density at radius 1 is 0.676 bits per heavy atom. The fourth-order valence-electron chi connectivity index (χ4n) is 3.50. The molecule has 4 nitrogen and oxygen atoms in total. The van der Waals surface area contributed by atoms with Crippen molar-refractivity contribution in [2.45, 2.75) is 19.4 Å². The lowest BCUT2D eigenvalue weighted by Gasteiger charge is -2.10. The molecule has 0 aromatic heterocycles. The molecule has 0 aliphatic heterocycles. The number of carbonyl (C=O) groups excluding carboxylic acids is 1. The Kier molecular flexibility index (Phi) is 8.34. The number of ether oxygens (including phenoxy) is 2. The summed E-state index contributed by atoms with van der Waals surface area (Å²) < 4.78 is 11.7. The molecule has 0 spiro atoms. The van der Waals surface area contributed by atoms with Crippen LogP contribution in [0.2, 0.25) is 0 Å². The molecule has 0 saturated heterocycles. The minimum Gasteiger partial charge on any atom is -0.494 e. The van der Waals surface area contributed by atoms with Crippen LogP contribution in [0.3, 0.4) is 0 Å². The van der Waals surface area contributed by atoms with Gasteiger partial charge in [0.2, 0.25) is 0 Å². The molecule has 0 unspecified atom stereocenters. The molecule has 0 bridgehead atoms. The normalized spacial score (nSPS) is 10.5. The fraction of sp³-hybridized carbons (Fsp3) is 0.167. The molecular formula is C30H28NO3. The Balaban J connectivity index is 1.14. The molecule has 0 saturated carbocycles. The Labute approximate surface area is 201 Å². The molecule has 0 heterocycles. The van der Waals surface area contributed by atoms with Gasteiger partial charge in [-0.2, -0.15) is 0 Å². The van der Waals surface area contributed by atoms with E-state index in [-0.39, 0.29) is 5.91 Å². The van der Waals surface area contributed by atoms with Crippen LogP contribution in [0.25, 0.3) is 11.1 Å². The summed E-state index contributed by atoms with van der Waals surface area (Å²) in [4.78, 5) is 12.2. The lowest BCUT2D eigenvalue weighted by Crippen LogP contribution is -2.22. The first-order valence-corrected chi connectivity index (χ1v) is 11.5. The summed E-state index contributed by atoms with van der Waals surface area (Å²) in [5.74, 6) is 1.46. The van der Waals surface area contributed by atoms with Crippen LogP contribution in [-0.4, -0.2) is 19.1 Å². The summed E-state index contributed by atoms with van der Waals surface area (Å²) in [5.41, 5.74) is 3.90. The molecule has 4 aromatic rings. The van der Waals surface area contributed by atoms with Gasteiger partial charge in [-0.1, -0.05) is 72.8 Å². The van der Waals surface area contributed by atoms with Gasteiger partial charge in [-0.05, 0) is 59.9 Å². The van der Waals surface area contributed by atoms with E-state index in [0.29, 0.717) is 31.1 Å². The highest BCUT2D eigenvalue weighted by Crippen LogP contribution is 2.22. The van der Waals surface area contributed by atoms with Gasteiger partial charge in [0.15, 0.2) is 0 Å². The number of nitrogens with one attached hydrogen (secondary N) is 1. The summed E-state index contributed by atoms with van der Waals surface area (Å²) in [6, 6.07) is 36.6. The van der Waals surface area contributed by atoms with E-state index >= 15 is 0 Å². The van der Waals surface area contributed by atoms with Gasteiger partial charge >= 0.3 is 0 Å². The number of hydrogen-bond donors (Lipinski definition) is 1. The molecule has 4 rings (SSSR count). The first-order valence-electron chi connectivity index (χ1n) is 11.5. The predicted molar refractivity (Wildman–Crippen MR) is 135 cm³/mol. The number of unbranched alkanes of at least 4 members (excludes halogenated alkanes) is 1. The summed E-state index contributed by atoms with van der Waals surface area (Å²) in [7, 11) is 0. The molecule has 171 valence electrons. The first kappa shape index (κ1) is 23.1. The molecule has 1 N–H and O–H groups in total. The Hall–Kier alpha value is -4.05. The van der Waals surface area contributed by atoms with Gasteiger partial charge in [-0.3, -0.25) is 4.79 Å². The highest BCUT2D eigenvalue weighted by atomic mass is 16.5. The van der Waals surface area contributed by atoms with Crippen LogP contribution in [0.5, 0.6) is 11.5 Å². The van der Waals surface area contributed by atoms with E-state index in [1.807, 2.05) is 66.7 Å². The quantitative estimate of drug-likeness (QED) is 0.272. The van der Waals surface area contributed by atoms with E-state index < -0.39 is 0 Å². The zero-order chi connectivity index (χ0) is 23.4. The molecule has 0 aliphatic rings. The van der Waals surface area contributed by atoms with Crippen LogP contribution >= 0.6 is 0 Å².